The molecule has 2 N–H and O–H groups in total. The largest absolute Gasteiger partial charge is 0.506 e. The molecular weight excluding hydrogens is 311 g/mol. The molecule has 0 bridgehead atoms. The number of rotatable bonds is 5. The monoisotopic (exact) mass is 324 g/mol. The van der Waals surface area contributed by atoms with Crippen LogP contribution < -0.4 is 0 Å². The zero-order chi connectivity index (χ0) is 15.2. The van der Waals surface area contributed by atoms with Crippen molar-refractivity contribution in [2.75, 3.05) is 6.61 Å². The highest BCUT2D eigenvalue weighted by molar-refractivity contribution is 6.36. The molecule has 0 spiro atoms. The van der Waals surface area contributed by atoms with Crippen molar-refractivity contribution in [1.29, 1.82) is 0 Å². The summed E-state index contributed by atoms with van der Waals surface area (Å²) in [5, 5.41) is 19.5. The fraction of sp³-hybridized carbons (Fsp3) is 0.125. The van der Waals surface area contributed by atoms with Gasteiger partial charge < -0.3 is 14.9 Å². The third-order valence-electron chi connectivity index (χ3n) is 2.82. The van der Waals surface area contributed by atoms with Gasteiger partial charge in [0.1, 0.15) is 11.5 Å². The SMILES string of the molecule is Oc1cc(Cl)c(O)c(/C=C/COCc2ccccc2)c1Cl. The normalized spacial score (nSPS) is 11.1. The van der Waals surface area contributed by atoms with Crippen LogP contribution in [0.15, 0.2) is 42.5 Å². The van der Waals surface area contributed by atoms with Gasteiger partial charge in [-0.25, -0.2) is 0 Å². The zero-order valence-corrected chi connectivity index (χ0v) is 12.6. The quantitative estimate of drug-likeness (QED) is 0.622. The van der Waals surface area contributed by atoms with Crippen molar-refractivity contribution < 1.29 is 14.9 Å². The van der Waals surface area contributed by atoms with E-state index < -0.39 is 0 Å². The van der Waals surface area contributed by atoms with E-state index in [2.05, 4.69) is 0 Å². The Morgan fingerprint density at radius 2 is 1.81 bits per heavy atom. The Kier molecular flexibility index (Phi) is 5.51. The van der Waals surface area contributed by atoms with Crippen molar-refractivity contribution in [1.82, 2.24) is 0 Å². The lowest BCUT2D eigenvalue weighted by molar-refractivity contribution is 0.149. The smallest absolute Gasteiger partial charge is 0.143 e. The minimum Gasteiger partial charge on any atom is -0.506 e. The topological polar surface area (TPSA) is 49.7 Å². The van der Waals surface area contributed by atoms with Crippen LogP contribution in [0.3, 0.4) is 0 Å². The Balaban J connectivity index is 1.96. The predicted octanol–water partition coefficient (Wildman–Crippen LogP) is 4.63. The number of ether oxygens (including phenoxy) is 1. The van der Waals surface area contributed by atoms with Gasteiger partial charge in [-0.1, -0.05) is 65.7 Å². The van der Waals surface area contributed by atoms with E-state index in [1.54, 1.807) is 12.2 Å². The highest BCUT2D eigenvalue weighted by Crippen LogP contribution is 2.40. The van der Waals surface area contributed by atoms with E-state index in [9.17, 15) is 10.2 Å². The summed E-state index contributed by atoms with van der Waals surface area (Å²) in [6.07, 6.45) is 3.26. The van der Waals surface area contributed by atoms with Crippen LogP contribution in [0, 0.1) is 0 Å². The second-order valence-electron chi connectivity index (χ2n) is 4.36. The molecule has 0 unspecified atom stereocenters. The standard InChI is InChI=1S/C16H14Cl2O3/c17-13-9-14(19)15(18)12(16(13)20)7-4-8-21-10-11-5-2-1-3-6-11/h1-7,9,19-20H,8,10H2/b7-4+. The van der Waals surface area contributed by atoms with E-state index in [1.165, 1.54) is 6.07 Å². The Morgan fingerprint density at radius 3 is 2.52 bits per heavy atom. The first-order chi connectivity index (χ1) is 10.1. The molecule has 0 atom stereocenters. The number of phenols is 2. The second-order valence-corrected chi connectivity index (χ2v) is 5.14. The molecule has 110 valence electrons. The molecule has 21 heavy (non-hydrogen) atoms. The van der Waals surface area contributed by atoms with E-state index in [1.807, 2.05) is 30.3 Å². The van der Waals surface area contributed by atoms with Crippen LogP contribution in [0.1, 0.15) is 11.1 Å². The lowest BCUT2D eigenvalue weighted by Gasteiger charge is -2.06. The van der Waals surface area contributed by atoms with Crippen LogP contribution in [0.4, 0.5) is 0 Å². The van der Waals surface area contributed by atoms with Crippen molar-refractivity contribution in [3.8, 4) is 11.5 Å². The van der Waals surface area contributed by atoms with Gasteiger partial charge in [0.25, 0.3) is 0 Å². The van der Waals surface area contributed by atoms with Crippen LogP contribution in [0.2, 0.25) is 10.0 Å². The van der Waals surface area contributed by atoms with E-state index in [0.29, 0.717) is 13.2 Å². The fourth-order valence-electron chi connectivity index (χ4n) is 1.76. The van der Waals surface area contributed by atoms with E-state index in [-0.39, 0.29) is 27.1 Å². The first kappa shape index (κ1) is 15.7. The van der Waals surface area contributed by atoms with Gasteiger partial charge in [0, 0.05) is 11.6 Å². The second kappa shape index (κ2) is 7.36. The van der Waals surface area contributed by atoms with Gasteiger partial charge in [-0.3, -0.25) is 0 Å². The average molecular weight is 325 g/mol. The molecule has 0 heterocycles. The van der Waals surface area contributed by atoms with Crippen LogP contribution in [-0.2, 0) is 11.3 Å². The lowest BCUT2D eigenvalue weighted by Crippen LogP contribution is -1.92. The number of hydrogen-bond donors (Lipinski definition) is 2. The first-order valence-electron chi connectivity index (χ1n) is 6.27. The van der Waals surface area contributed by atoms with E-state index >= 15 is 0 Å². The summed E-state index contributed by atoms with van der Waals surface area (Å²) in [5.41, 5.74) is 1.34. The molecule has 2 aromatic carbocycles. The molecule has 0 amide bonds. The predicted molar refractivity (Wildman–Crippen MR) is 84.9 cm³/mol. The number of phenolic OH excluding ortho intramolecular Hbond substituents is 2. The van der Waals surface area contributed by atoms with Gasteiger partial charge in [-0.15, -0.1) is 0 Å². The van der Waals surface area contributed by atoms with Crippen LogP contribution in [0.25, 0.3) is 6.08 Å². The average Bonchev–Trinajstić information content (AvgIpc) is 2.49. The van der Waals surface area contributed by atoms with Gasteiger partial charge >= 0.3 is 0 Å². The molecule has 0 saturated heterocycles. The van der Waals surface area contributed by atoms with Gasteiger partial charge in [0.15, 0.2) is 0 Å². The summed E-state index contributed by atoms with van der Waals surface area (Å²) >= 11 is 11.7. The van der Waals surface area contributed by atoms with Gasteiger partial charge in [-0.2, -0.15) is 0 Å². The molecule has 0 aliphatic heterocycles. The van der Waals surface area contributed by atoms with E-state index in [0.717, 1.165) is 5.56 Å². The molecular formula is C16H14Cl2O3. The molecule has 0 saturated carbocycles. The highest BCUT2D eigenvalue weighted by atomic mass is 35.5. The third kappa shape index (κ3) is 4.14. The number of halogens is 2. The van der Waals surface area contributed by atoms with Crippen molar-refractivity contribution in [2.45, 2.75) is 6.61 Å². The van der Waals surface area contributed by atoms with Crippen molar-refractivity contribution in [3.05, 3.63) is 63.6 Å². The molecule has 0 aliphatic carbocycles. The van der Waals surface area contributed by atoms with Crippen LogP contribution in [0.5, 0.6) is 11.5 Å². The zero-order valence-electron chi connectivity index (χ0n) is 11.1. The molecule has 0 fully saturated rings. The summed E-state index contributed by atoms with van der Waals surface area (Å²) in [6, 6.07) is 11.0. The molecule has 2 rings (SSSR count). The summed E-state index contributed by atoms with van der Waals surface area (Å²) in [4.78, 5) is 0. The van der Waals surface area contributed by atoms with Gasteiger partial charge in [0.2, 0.25) is 0 Å². The molecule has 0 radical (unpaired) electrons. The number of benzene rings is 2. The minimum absolute atomic E-state index is 0.0433. The van der Waals surface area contributed by atoms with Crippen molar-refractivity contribution >= 4 is 29.3 Å². The Bertz CT molecular complexity index is 613. The first-order valence-corrected chi connectivity index (χ1v) is 7.03. The number of hydrogen-bond acceptors (Lipinski definition) is 3. The molecule has 0 aliphatic rings. The molecule has 3 nitrogen and oxygen atoms in total. The maximum absolute atomic E-state index is 9.82. The molecule has 2 aromatic rings. The highest BCUT2D eigenvalue weighted by Gasteiger charge is 2.12. The van der Waals surface area contributed by atoms with Crippen molar-refractivity contribution in [2.24, 2.45) is 0 Å². The van der Waals surface area contributed by atoms with Gasteiger partial charge in [0.05, 0.1) is 23.3 Å². The molecule has 5 heteroatoms. The lowest BCUT2D eigenvalue weighted by atomic mass is 10.1. The van der Waals surface area contributed by atoms with Crippen LogP contribution >= 0.6 is 23.2 Å². The number of aromatic hydroxyl groups is 2. The fourth-order valence-corrected chi connectivity index (χ4v) is 2.17. The van der Waals surface area contributed by atoms with Crippen LogP contribution in [-0.4, -0.2) is 16.8 Å². The Morgan fingerprint density at radius 1 is 1.10 bits per heavy atom. The van der Waals surface area contributed by atoms with Crippen molar-refractivity contribution in [3.63, 3.8) is 0 Å². The maximum atomic E-state index is 9.82. The Labute approximate surface area is 133 Å². The van der Waals surface area contributed by atoms with Gasteiger partial charge in [-0.05, 0) is 5.56 Å². The third-order valence-corrected chi connectivity index (χ3v) is 3.50. The summed E-state index contributed by atoms with van der Waals surface area (Å²) < 4.78 is 5.47. The minimum atomic E-state index is -0.177. The maximum Gasteiger partial charge on any atom is 0.143 e. The molecule has 0 aromatic heterocycles. The summed E-state index contributed by atoms with van der Waals surface area (Å²) in [5.74, 6) is -0.344. The summed E-state index contributed by atoms with van der Waals surface area (Å²) in [6.45, 7) is 0.837. The summed E-state index contributed by atoms with van der Waals surface area (Å²) in [7, 11) is 0. The van der Waals surface area contributed by atoms with E-state index in [4.69, 9.17) is 27.9 Å². The Hall–Kier alpha value is -1.68.